The molecule has 0 unspecified atom stereocenters. The molecule has 6 aromatic heterocycles. The minimum atomic E-state index is 0.819. The summed E-state index contributed by atoms with van der Waals surface area (Å²) in [5.74, 6) is 0.819. The highest BCUT2D eigenvalue weighted by atomic mass is 15.1. The van der Waals surface area contributed by atoms with Crippen LogP contribution in [-0.2, 0) is 0 Å². The van der Waals surface area contributed by atoms with Crippen LogP contribution in [0.5, 0.6) is 0 Å². The normalized spacial score (nSPS) is 11.7. The van der Waals surface area contributed by atoms with E-state index < -0.39 is 0 Å². The van der Waals surface area contributed by atoms with Crippen LogP contribution in [0, 0.1) is 0 Å². The molecule has 0 spiro atoms. The Hall–Kier alpha value is -5.36. The van der Waals surface area contributed by atoms with Gasteiger partial charge in [-0.15, -0.1) is 0 Å². The van der Waals surface area contributed by atoms with E-state index in [1.54, 1.807) is 0 Å². The molecule has 0 aliphatic heterocycles. The van der Waals surface area contributed by atoms with Crippen molar-refractivity contribution >= 4 is 44.1 Å². The van der Waals surface area contributed by atoms with Gasteiger partial charge in [0, 0.05) is 29.8 Å². The molecule has 0 saturated heterocycles. The Labute approximate surface area is 217 Å². The summed E-state index contributed by atoms with van der Waals surface area (Å²) >= 11 is 0. The summed E-state index contributed by atoms with van der Waals surface area (Å²) < 4.78 is 4.38. The van der Waals surface area contributed by atoms with Crippen LogP contribution < -0.4 is 0 Å². The van der Waals surface area contributed by atoms with Gasteiger partial charge in [0.2, 0.25) is 0 Å². The van der Waals surface area contributed by atoms with Crippen molar-refractivity contribution < 1.29 is 0 Å². The summed E-state index contributed by atoms with van der Waals surface area (Å²) in [4.78, 5) is 19.5. The topological polar surface area (TPSA) is 61.4 Å². The van der Waals surface area contributed by atoms with Gasteiger partial charge in [-0.3, -0.25) is 14.5 Å². The van der Waals surface area contributed by atoms with E-state index in [1.807, 2.05) is 55.0 Å². The lowest BCUT2D eigenvalue weighted by Crippen LogP contribution is -1.98. The molecule has 0 bridgehead atoms. The zero-order valence-corrected chi connectivity index (χ0v) is 20.2. The van der Waals surface area contributed by atoms with Crippen LogP contribution >= 0.6 is 0 Å². The molecule has 8 aromatic rings. The maximum atomic E-state index is 5.20. The second-order valence-corrected chi connectivity index (χ2v) is 9.24. The van der Waals surface area contributed by atoms with Crippen LogP contribution in [0.3, 0.4) is 0 Å². The van der Waals surface area contributed by atoms with Crippen molar-refractivity contribution in [2.24, 2.45) is 0 Å². The Bertz CT molecular complexity index is 2110. The van der Waals surface area contributed by atoms with Crippen molar-refractivity contribution in [2.75, 3.05) is 0 Å². The number of pyridine rings is 4. The highest BCUT2D eigenvalue weighted by molar-refractivity contribution is 6.13. The fourth-order valence-electron chi connectivity index (χ4n) is 5.38. The smallest absolute Gasteiger partial charge is 0.137 e. The van der Waals surface area contributed by atoms with E-state index in [-0.39, 0.29) is 0 Å². The average molecular weight is 489 g/mol. The van der Waals surface area contributed by atoms with Gasteiger partial charge in [0.05, 0.1) is 22.1 Å². The lowest BCUT2D eigenvalue weighted by atomic mass is 10.1. The van der Waals surface area contributed by atoms with Crippen molar-refractivity contribution in [3.05, 3.63) is 122 Å². The Kier molecular flexibility index (Phi) is 4.42. The first-order valence-corrected chi connectivity index (χ1v) is 12.5. The fourth-order valence-corrected chi connectivity index (χ4v) is 5.38. The fraction of sp³-hybridized carbons (Fsp3) is 0. The third kappa shape index (κ3) is 3.01. The Balaban J connectivity index is 1.45. The van der Waals surface area contributed by atoms with Gasteiger partial charge in [-0.2, -0.15) is 0 Å². The van der Waals surface area contributed by atoms with Gasteiger partial charge in [0.15, 0.2) is 0 Å². The van der Waals surface area contributed by atoms with Crippen molar-refractivity contribution in [2.45, 2.75) is 0 Å². The van der Waals surface area contributed by atoms with E-state index in [1.165, 1.54) is 0 Å². The number of benzene rings is 2. The maximum absolute atomic E-state index is 5.20. The minimum Gasteiger partial charge on any atom is -0.306 e. The third-order valence-corrected chi connectivity index (χ3v) is 7.07. The van der Waals surface area contributed by atoms with Gasteiger partial charge < -0.3 is 4.57 Å². The molecule has 0 fully saturated rings. The van der Waals surface area contributed by atoms with E-state index in [9.17, 15) is 0 Å². The zero-order valence-electron chi connectivity index (χ0n) is 20.2. The van der Waals surface area contributed by atoms with Gasteiger partial charge in [-0.25, -0.2) is 9.97 Å². The second kappa shape index (κ2) is 8.08. The molecule has 178 valence electrons. The molecule has 6 heterocycles. The molecular weight excluding hydrogens is 468 g/mol. The first-order valence-electron chi connectivity index (χ1n) is 12.5. The van der Waals surface area contributed by atoms with Crippen molar-refractivity contribution in [3.8, 4) is 22.6 Å². The SMILES string of the molecule is c1ccc(-c2ccc(-n3c4cccnc4c4nc5c6ncccc6n(-c6ccccc6)c5cc43)nc2)cc1. The molecule has 8 rings (SSSR count). The third-order valence-electron chi connectivity index (χ3n) is 7.07. The van der Waals surface area contributed by atoms with Gasteiger partial charge in [-0.05, 0) is 60.2 Å². The average Bonchev–Trinajstić information content (AvgIpc) is 3.49. The second-order valence-electron chi connectivity index (χ2n) is 9.24. The van der Waals surface area contributed by atoms with Gasteiger partial charge in [0.1, 0.15) is 27.9 Å². The van der Waals surface area contributed by atoms with Crippen LogP contribution in [0.4, 0.5) is 0 Å². The summed E-state index contributed by atoms with van der Waals surface area (Å²) in [6.45, 7) is 0. The van der Waals surface area contributed by atoms with E-state index >= 15 is 0 Å². The first kappa shape index (κ1) is 20.8. The minimum absolute atomic E-state index is 0.819. The molecule has 0 amide bonds. The summed E-state index contributed by atoms with van der Waals surface area (Å²) in [5.41, 5.74) is 10.6. The Morgan fingerprint density at radius 3 is 1.74 bits per heavy atom. The number of nitrogens with zero attached hydrogens (tertiary/aromatic N) is 6. The van der Waals surface area contributed by atoms with Crippen molar-refractivity contribution in [1.82, 2.24) is 29.1 Å². The zero-order chi connectivity index (χ0) is 25.1. The monoisotopic (exact) mass is 488 g/mol. The predicted octanol–water partition coefficient (Wildman–Crippen LogP) is 7.13. The Morgan fingerprint density at radius 1 is 0.447 bits per heavy atom. The predicted molar refractivity (Wildman–Crippen MR) is 152 cm³/mol. The standard InChI is InChI=1S/C32H20N6/c1-3-9-21(10-4-1)22-15-16-28(35-20-22)38-25-14-8-18-34-30(25)32-27(38)19-26-31(36-32)29-24(13-7-17-33-29)37(26)23-11-5-2-6-12-23/h1-20H. The van der Waals surface area contributed by atoms with Crippen LogP contribution in [-0.4, -0.2) is 29.1 Å². The lowest BCUT2D eigenvalue weighted by molar-refractivity contribution is 1.08. The number of fused-ring (bicyclic) bond motifs is 6. The molecule has 38 heavy (non-hydrogen) atoms. The van der Waals surface area contributed by atoms with E-state index in [0.29, 0.717) is 0 Å². The number of rotatable bonds is 3. The summed E-state index contributed by atoms with van der Waals surface area (Å²) in [5, 5.41) is 0. The number of hydrogen-bond acceptors (Lipinski definition) is 4. The molecule has 0 radical (unpaired) electrons. The molecule has 2 aromatic carbocycles. The largest absolute Gasteiger partial charge is 0.306 e. The van der Waals surface area contributed by atoms with Crippen LogP contribution in [0.15, 0.2) is 122 Å². The highest BCUT2D eigenvalue weighted by Gasteiger charge is 2.21. The van der Waals surface area contributed by atoms with Crippen LogP contribution in [0.1, 0.15) is 0 Å². The van der Waals surface area contributed by atoms with E-state index in [0.717, 1.165) is 66.8 Å². The first-order chi connectivity index (χ1) is 18.9. The van der Waals surface area contributed by atoms with Crippen molar-refractivity contribution in [1.29, 1.82) is 0 Å². The lowest BCUT2D eigenvalue weighted by Gasteiger charge is -2.09. The van der Waals surface area contributed by atoms with Gasteiger partial charge in [0.25, 0.3) is 0 Å². The molecule has 6 nitrogen and oxygen atoms in total. The quantitative estimate of drug-likeness (QED) is 0.265. The molecule has 0 N–H and O–H groups in total. The Morgan fingerprint density at radius 2 is 1.08 bits per heavy atom. The molecule has 0 saturated carbocycles. The van der Waals surface area contributed by atoms with E-state index in [2.05, 4.69) is 75.9 Å². The summed E-state index contributed by atoms with van der Waals surface area (Å²) in [6, 6.07) is 35.1. The maximum Gasteiger partial charge on any atom is 0.137 e. The van der Waals surface area contributed by atoms with Gasteiger partial charge in [-0.1, -0.05) is 48.5 Å². The van der Waals surface area contributed by atoms with Gasteiger partial charge >= 0.3 is 0 Å². The van der Waals surface area contributed by atoms with Crippen LogP contribution in [0.2, 0.25) is 0 Å². The van der Waals surface area contributed by atoms with Crippen molar-refractivity contribution in [3.63, 3.8) is 0 Å². The molecular formula is C32H20N6. The summed E-state index contributed by atoms with van der Waals surface area (Å²) in [7, 11) is 0. The molecule has 0 atom stereocenters. The molecule has 0 aliphatic carbocycles. The van der Waals surface area contributed by atoms with E-state index in [4.69, 9.17) is 19.9 Å². The number of para-hydroxylation sites is 1. The number of aromatic nitrogens is 6. The van der Waals surface area contributed by atoms with Crippen LogP contribution in [0.25, 0.3) is 66.8 Å². The molecule has 0 aliphatic rings. The highest BCUT2D eigenvalue weighted by Crippen LogP contribution is 2.36. The molecule has 6 heteroatoms. The summed E-state index contributed by atoms with van der Waals surface area (Å²) in [6.07, 6.45) is 5.56. The number of hydrogen-bond donors (Lipinski definition) is 0.